The molecule has 2 heterocycles. The number of carbonyl (C=O) groups is 1. The predicted octanol–water partition coefficient (Wildman–Crippen LogP) is 7.21. The third-order valence-corrected chi connectivity index (χ3v) is 8.60. The molecule has 196 valence electrons. The molecule has 0 bridgehead atoms. The second-order valence-corrected chi connectivity index (χ2v) is 12.4. The quantitative estimate of drug-likeness (QED) is 0.307. The Kier molecular flexibility index (Phi) is 10.1. The number of hydrogen-bond acceptors (Lipinski definition) is 6. The Morgan fingerprint density at radius 3 is 2.58 bits per heavy atom. The first kappa shape index (κ1) is 28.4. The third-order valence-electron chi connectivity index (χ3n) is 7.13. The maximum Gasteiger partial charge on any atom is 0.163 e. The summed E-state index contributed by atoms with van der Waals surface area (Å²) in [4.78, 5) is 28.2. The number of ketones is 1. The van der Waals surface area contributed by atoms with Crippen molar-refractivity contribution in [2.24, 2.45) is 21.8 Å². The first-order chi connectivity index (χ1) is 17.1. The van der Waals surface area contributed by atoms with Gasteiger partial charge in [-0.05, 0) is 63.4 Å². The molecule has 1 aliphatic heterocycles. The van der Waals surface area contributed by atoms with E-state index >= 15 is 0 Å². The summed E-state index contributed by atoms with van der Waals surface area (Å²) in [5.74, 6) is 1.79. The molecule has 1 aromatic heterocycles. The van der Waals surface area contributed by atoms with Crippen LogP contribution in [0.1, 0.15) is 111 Å². The van der Waals surface area contributed by atoms with Gasteiger partial charge in [0.25, 0.3) is 0 Å². The molecule has 0 fully saturated rings. The van der Waals surface area contributed by atoms with Crippen molar-refractivity contribution in [2.75, 3.05) is 6.54 Å². The van der Waals surface area contributed by atoms with Gasteiger partial charge in [0, 0.05) is 48.0 Å². The van der Waals surface area contributed by atoms with Crippen LogP contribution < -0.4 is 0 Å². The summed E-state index contributed by atoms with van der Waals surface area (Å²) in [6, 6.07) is 8.10. The largest absolute Gasteiger partial charge is 0.383 e. The predicted molar refractivity (Wildman–Crippen MR) is 152 cm³/mol. The Morgan fingerprint density at radius 1 is 1.14 bits per heavy atom. The third kappa shape index (κ3) is 7.91. The Morgan fingerprint density at radius 2 is 1.89 bits per heavy atom. The number of aromatic nitrogens is 1. The molecule has 36 heavy (non-hydrogen) atoms. The van der Waals surface area contributed by atoms with E-state index in [1.165, 1.54) is 4.88 Å². The van der Waals surface area contributed by atoms with Crippen molar-refractivity contribution in [3.8, 4) is 0 Å². The summed E-state index contributed by atoms with van der Waals surface area (Å²) in [5, 5.41) is 11.2. The van der Waals surface area contributed by atoms with Crippen LogP contribution in [0.15, 0.2) is 40.4 Å². The van der Waals surface area contributed by atoms with Gasteiger partial charge in [-0.1, -0.05) is 51.5 Å². The van der Waals surface area contributed by atoms with Crippen LogP contribution >= 0.6 is 11.3 Å². The number of carbonyl (C=O) groups excluding carboxylic acids is 1. The van der Waals surface area contributed by atoms with Gasteiger partial charge in [0.1, 0.15) is 10.6 Å². The Bertz CT molecular complexity index is 1050. The lowest BCUT2D eigenvalue weighted by Gasteiger charge is -2.22. The van der Waals surface area contributed by atoms with Crippen LogP contribution in [-0.2, 0) is 5.60 Å². The standard InChI is InChI=1S/C30H43N3O2S/c1-20(2)11-13-23(28-19-33-29(36-28)30(5,6)35)17-21(3)12-14-27(34)25-10-8-7-9-24(25)26-18-31-15-16-32-22(26)4/h7-10,15-16,19-23,26,35H,11-14,17-18H2,1-6H3. The molecule has 3 rings (SSSR count). The van der Waals surface area contributed by atoms with Crippen molar-refractivity contribution < 1.29 is 9.90 Å². The average Bonchev–Trinajstić information content (AvgIpc) is 3.24. The molecule has 0 radical (unpaired) electrons. The molecule has 0 spiro atoms. The van der Waals surface area contributed by atoms with E-state index in [0.29, 0.717) is 30.7 Å². The first-order valence-corrected chi connectivity index (χ1v) is 14.2. The minimum atomic E-state index is -0.914. The number of Topliss-reactive ketones (excluding diaryl/α,β-unsaturated/α-hetero) is 1. The van der Waals surface area contributed by atoms with Crippen LogP contribution in [-0.4, -0.2) is 40.9 Å². The van der Waals surface area contributed by atoms with Crippen molar-refractivity contribution >= 4 is 29.5 Å². The van der Waals surface area contributed by atoms with Crippen molar-refractivity contribution in [1.29, 1.82) is 0 Å². The molecule has 0 aliphatic carbocycles. The lowest BCUT2D eigenvalue weighted by Crippen LogP contribution is -2.19. The number of aliphatic hydroxyl groups is 1. The highest BCUT2D eigenvalue weighted by molar-refractivity contribution is 7.11. The van der Waals surface area contributed by atoms with Gasteiger partial charge >= 0.3 is 0 Å². The van der Waals surface area contributed by atoms with E-state index in [0.717, 1.165) is 41.8 Å². The lowest BCUT2D eigenvalue weighted by molar-refractivity contribution is 0.0782. The Balaban J connectivity index is 1.67. The summed E-state index contributed by atoms with van der Waals surface area (Å²) in [7, 11) is 0. The molecule has 6 heteroatoms. The highest BCUT2D eigenvalue weighted by atomic mass is 32.1. The highest BCUT2D eigenvalue weighted by Crippen LogP contribution is 2.37. The number of hydrogen-bond donors (Lipinski definition) is 1. The maximum absolute atomic E-state index is 13.4. The monoisotopic (exact) mass is 509 g/mol. The average molecular weight is 510 g/mol. The van der Waals surface area contributed by atoms with Gasteiger partial charge in [-0.3, -0.25) is 14.8 Å². The van der Waals surface area contributed by atoms with Gasteiger partial charge in [0.2, 0.25) is 0 Å². The van der Waals surface area contributed by atoms with Crippen LogP contribution in [0.25, 0.3) is 0 Å². The van der Waals surface area contributed by atoms with Crippen molar-refractivity contribution in [3.05, 3.63) is 51.5 Å². The number of rotatable bonds is 12. The van der Waals surface area contributed by atoms with Crippen molar-refractivity contribution in [2.45, 2.75) is 97.1 Å². The van der Waals surface area contributed by atoms with Crippen molar-refractivity contribution in [1.82, 2.24) is 4.98 Å². The van der Waals surface area contributed by atoms with Crippen LogP contribution in [0.5, 0.6) is 0 Å². The number of benzene rings is 1. The summed E-state index contributed by atoms with van der Waals surface area (Å²) in [6.07, 6.45) is 10.2. The summed E-state index contributed by atoms with van der Waals surface area (Å²) < 4.78 is 0. The number of thiazole rings is 1. The molecular weight excluding hydrogens is 466 g/mol. The molecule has 4 atom stereocenters. The van der Waals surface area contributed by atoms with E-state index in [2.05, 4.69) is 48.7 Å². The molecule has 0 saturated heterocycles. The van der Waals surface area contributed by atoms with Crippen LogP contribution in [0.3, 0.4) is 0 Å². The SMILES string of the molecule is CC(C)CCC(CC(C)CCC(=O)c1ccccc1C1CN=CC=NC1C)c1cnc(C(C)(C)O)s1. The number of aliphatic imine (C=N–C) groups is 2. The molecule has 0 amide bonds. The zero-order valence-corrected chi connectivity index (χ0v) is 23.6. The molecular formula is C30H43N3O2S. The fourth-order valence-electron chi connectivity index (χ4n) is 4.87. The number of nitrogens with zero attached hydrogens (tertiary/aromatic N) is 3. The van der Waals surface area contributed by atoms with Gasteiger partial charge < -0.3 is 5.11 Å². The fourth-order valence-corrected chi connectivity index (χ4v) is 5.93. The normalized spacial score (nSPS) is 19.9. The lowest BCUT2D eigenvalue weighted by atomic mass is 9.84. The van der Waals surface area contributed by atoms with Gasteiger partial charge in [0.05, 0.1) is 6.04 Å². The zero-order valence-electron chi connectivity index (χ0n) is 22.8. The fraction of sp³-hybridized carbons (Fsp3) is 0.600. The Labute approximate surface area is 221 Å². The van der Waals surface area contributed by atoms with Gasteiger partial charge in [-0.25, -0.2) is 4.98 Å². The molecule has 1 aromatic carbocycles. The van der Waals surface area contributed by atoms with Crippen molar-refractivity contribution in [3.63, 3.8) is 0 Å². The summed E-state index contributed by atoms with van der Waals surface area (Å²) >= 11 is 1.63. The zero-order chi connectivity index (χ0) is 26.3. The van der Waals surface area contributed by atoms with E-state index in [1.54, 1.807) is 37.6 Å². The van der Waals surface area contributed by atoms with E-state index in [4.69, 9.17) is 0 Å². The molecule has 1 N–H and O–H groups in total. The van der Waals surface area contributed by atoms with E-state index < -0.39 is 5.60 Å². The van der Waals surface area contributed by atoms with Gasteiger partial charge in [-0.15, -0.1) is 11.3 Å². The second-order valence-electron chi connectivity index (χ2n) is 11.3. The van der Waals surface area contributed by atoms with Crippen LogP contribution in [0.4, 0.5) is 0 Å². The smallest absolute Gasteiger partial charge is 0.163 e. The highest BCUT2D eigenvalue weighted by Gasteiger charge is 2.26. The van der Waals surface area contributed by atoms with E-state index in [9.17, 15) is 9.90 Å². The Hall–Kier alpha value is -2.18. The molecule has 2 aromatic rings. The summed E-state index contributed by atoms with van der Waals surface area (Å²) in [6.45, 7) is 13.1. The van der Waals surface area contributed by atoms with Gasteiger partial charge in [-0.2, -0.15) is 0 Å². The van der Waals surface area contributed by atoms with Crippen LogP contribution in [0, 0.1) is 11.8 Å². The van der Waals surface area contributed by atoms with Crippen LogP contribution in [0.2, 0.25) is 0 Å². The molecule has 1 aliphatic rings. The molecule has 0 saturated carbocycles. The second kappa shape index (κ2) is 12.9. The molecule has 5 nitrogen and oxygen atoms in total. The van der Waals surface area contributed by atoms with E-state index in [1.807, 2.05) is 24.4 Å². The topological polar surface area (TPSA) is 74.9 Å². The van der Waals surface area contributed by atoms with Gasteiger partial charge in [0.15, 0.2) is 5.78 Å². The molecule has 4 unspecified atom stereocenters. The minimum Gasteiger partial charge on any atom is -0.383 e. The first-order valence-electron chi connectivity index (χ1n) is 13.4. The summed E-state index contributed by atoms with van der Waals surface area (Å²) in [5.41, 5.74) is 0.975. The maximum atomic E-state index is 13.4. The minimum absolute atomic E-state index is 0.0929. The van der Waals surface area contributed by atoms with E-state index in [-0.39, 0.29) is 17.7 Å².